The molecule has 1 amide bonds. The van der Waals surface area contributed by atoms with E-state index in [1.165, 1.54) is 23.5 Å². The van der Waals surface area contributed by atoms with Crippen LogP contribution in [0.2, 0.25) is 0 Å². The van der Waals surface area contributed by atoms with Gasteiger partial charge in [-0.2, -0.15) is 18.3 Å². The van der Waals surface area contributed by atoms with Crippen molar-refractivity contribution in [2.24, 2.45) is 16.7 Å². The Morgan fingerprint density at radius 3 is 2.31 bits per heavy atom. The minimum absolute atomic E-state index is 0.0829. The van der Waals surface area contributed by atoms with E-state index in [-0.39, 0.29) is 23.5 Å². The van der Waals surface area contributed by atoms with E-state index in [0.29, 0.717) is 4.88 Å². The molecule has 10 heteroatoms. The molecule has 1 unspecified atom stereocenters. The number of carbonyl (C=O) groups is 1. The second-order valence-corrected chi connectivity index (χ2v) is 10.8. The summed E-state index contributed by atoms with van der Waals surface area (Å²) < 4.78 is 38.9. The first-order chi connectivity index (χ1) is 17.0. The van der Waals surface area contributed by atoms with Crippen molar-refractivity contribution in [3.63, 3.8) is 0 Å². The number of rotatable bonds is 9. The van der Waals surface area contributed by atoms with E-state index < -0.39 is 11.7 Å². The van der Waals surface area contributed by atoms with Gasteiger partial charge in [-0.25, -0.2) is 0 Å². The molecule has 3 aromatic rings. The number of hydrogen-bond acceptors (Lipinski definition) is 5. The van der Waals surface area contributed by atoms with Gasteiger partial charge in [0.15, 0.2) is 0 Å². The zero-order valence-corrected chi connectivity index (χ0v) is 21.9. The monoisotopic (exact) mass is 534 g/mol. The third kappa shape index (κ3) is 6.82. The van der Waals surface area contributed by atoms with Crippen LogP contribution in [0.15, 0.2) is 58.5 Å². The van der Waals surface area contributed by atoms with Crippen molar-refractivity contribution in [1.82, 2.24) is 5.32 Å². The largest absolute Gasteiger partial charge is 0.416 e. The van der Waals surface area contributed by atoms with Gasteiger partial charge < -0.3 is 16.9 Å². The molecule has 1 heterocycles. The molecule has 0 saturated heterocycles. The molecule has 5 nitrogen and oxygen atoms in total. The lowest BCUT2D eigenvalue weighted by molar-refractivity contribution is -0.137. The average Bonchev–Trinajstić information content (AvgIpc) is 3.32. The van der Waals surface area contributed by atoms with Crippen molar-refractivity contribution in [1.29, 1.82) is 0 Å². The zero-order chi connectivity index (χ0) is 26.5. The maximum Gasteiger partial charge on any atom is 0.416 e. The first-order valence-electron chi connectivity index (χ1n) is 11.4. The number of hydrogen-bond donors (Lipinski definition) is 3. The molecular weight excluding hydrogens is 505 g/mol. The van der Waals surface area contributed by atoms with Crippen molar-refractivity contribution in [2.45, 2.75) is 49.9 Å². The Morgan fingerprint density at radius 2 is 1.75 bits per heavy atom. The van der Waals surface area contributed by atoms with E-state index in [1.54, 1.807) is 17.8 Å². The van der Waals surface area contributed by atoms with Crippen molar-refractivity contribution >= 4 is 34.8 Å². The van der Waals surface area contributed by atoms with E-state index in [0.717, 1.165) is 57.0 Å². The number of amidine groups is 1. The summed E-state index contributed by atoms with van der Waals surface area (Å²) in [5.41, 5.74) is 8.58. The van der Waals surface area contributed by atoms with E-state index in [9.17, 15) is 18.0 Å². The Morgan fingerprint density at radius 1 is 1.11 bits per heavy atom. The quantitative estimate of drug-likeness (QED) is 0.0943. The maximum absolute atomic E-state index is 13.0. The highest BCUT2D eigenvalue weighted by Gasteiger charge is 2.30. The molecule has 0 fully saturated rings. The third-order valence-corrected chi connectivity index (χ3v) is 8.23. The Balaban J connectivity index is 1.80. The minimum atomic E-state index is -4.36. The number of nitrogens with one attached hydrogen (secondary N) is 1. The summed E-state index contributed by atoms with van der Waals surface area (Å²) in [6, 6.07) is 13.2. The van der Waals surface area contributed by atoms with E-state index in [2.05, 4.69) is 29.5 Å². The second kappa shape index (κ2) is 11.8. The van der Waals surface area contributed by atoms with Crippen LogP contribution in [0.1, 0.15) is 56.3 Å². The second-order valence-electron chi connectivity index (χ2n) is 8.41. The number of carbonyl (C=O) groups excluding carboxylic acids is 1. The van der Waals surface area contributed by atoms with E-state index in [1.807, 2.05) is 19.9 Å². The first kappa shape index (κ1) is 27.6. The smallest absolute Gasteiger partial charge is 0.384 e. The molecule has 0 aliphatic carbocycles. The van der Waals surface area contributed by atoms with Crippen LogP contribution in [0.3, 0.4) is 0 Å². The van der Waals surface area contributed by atoms with Crippen molar-refractivity contribution < 1.29 is 18.0 Å². The van der Waals surface area contributed by atoms with Gasteiger partial charge in [-0.15, -0.1) is 23.1 Å². The van der Waals surface area contributed by atoms with Crippen LogP contribution >= 0.6 is 23.1 Å². The predicted molar refractivity (Wildman–Crippen MR) is 142 cm³/mol. The summed E-state index contributed by atoms with van der Waals surface area (Å²) in [6.45, 7) is 6.15. The normalized spacial score (nSPS) is 13.0. The number of thioether (sulfide) groups is 1. The number of benzene rings is 2. The number of aryl methyl sites for hydroxylation is 2. The molecule has 0 bridgehead atoms. The molecule has 0 radical (unpaired) electrons. The Kier molecular flexibility index (Phi) is 9.08. The van der Waals surface area contributed by atoms with Crippen LogP contribution in [0.5, 0.6) is 0 Å². The zero-order valence-electron chi connectivity index (χ0n) is 20.3. The first-order valence-corrected chi connectivity index (χ1v) is 13.1. The SMILES string of the molecule is CCCC(Sc1cc(C)c(-c2ccc(C(F)(F)F)cc2)c(C)c1)c1ccc(C(=O)NC/C(N)=N/N)s1. The number of thiophene rings is 1. The molecular formula is C26H29F3N4OS2. The maximum atomic E-state index is 13.0. The lowest BCUT2D eigenvalue weighted by Gasteiger charge is -2.18. The van der Waals surface area contributed by atoms with Gasteiger partial charge in [-0.05, 0) is 78.9 Å². The molecule has 192 valence electrons. The molecule has 1 atom stereocenters. The highest BCUT2D eigenvalue weighted by atomic mass is 32.2. The van der Waals surface area contributed by atoms with Crippen LogP contribution in [0, 0.1) is 13.8 Å². The summed E-state index contributed by atoms with van der Waals surface area (Å²) in [5.74, 6) is 5.02. The number of amides is 1. The van der Waals surface area contributed by atoms with Gasteiger partial charge in [0.1, 0.15) is 5.84 Å². The van der Waals surface area contributed by atoms with Gasteiger partial charge in [0.05, 0.1) is 17.0 Å². The van der Waals surface area contributed by atoms with Gasteiger partial charge in [-0.3, -0.25) is 4.79 Å². The molecule has 36 heavy (non-hydrogen) atoms. The van der Waals surface area contributed by atoms with Crippen LogP contribution in [0.4, 0.5) is 13.2 Å². The van der Waals surface area contributed by atoms with Crippen molar-refractivity contribution in [3.8, 4) is 11.1 Å². The third-order valence-electron chi connectivity index (χ3n) is 5.60. The molecule has 0 spiro atoms. The Labute approximate surface area is 217 Å². The molecule has 2 aromatic carbocycles. The van der Waals surface area contributed by atoms with Gasteiger partial charge in [0.2, 0.25) is 0 Å². The minimum Gasteiger partial charge on any atom is -0.384 e. The average molecular weight is 535 g/mol. The summed E-state index contributed by atoms with van der Waals surface area (Å²) in [5, 5.41) is 6.21. The Hall–Kier alpha value is -2.98. The molecule has 5 N–H and O–H groups in total. The number of nitrogens with two attached hydrogens (primary N) is 2. The molecule has 0 aliphatic rings. The standard InChI is InChI=1S/C26H29F3N4OS2/c1-4-5-20(21-10-11-22(36-21)25(34)32-14-23(30)33-31)35-19-12-15(2)24(16(3)13-19)17-6-8-18(9-7-17)26(27,28)29/h6-13,20H,4-5,14,31H2,1-3H3,(H2,30,33)(H,32,34). The molecule has 1 aromatic heterocycles. The molecule has 3 rings (SSSR count). The van der Waals surface area contributed by atoms with Gasteiger partial charge in [0, 0.05) is 15.0 Å². The fraction of sp³-hybridized carbons (Fsp3) is 0.308. The van der Waals surface area contributed by atoms with E-state index >= 15 is 0 Å². The van der Waals surface area contributed by atoms with Crippen LogP contribution < -0.4 is 16.9 Å². The van der Waals surface area contributed by atoms with E-state index in [4.69, 9.17) is 11.6 Å². The number of nitrogens with zero attached hydrogens (tertiary/aromatic N) is 1. The van der Waals surface area contributed by atoms with Gasteiger partial charge >= 0.3 is 6.18 Å². The van der Waals surface area contributed by atoms with Gasteiger partial charge in [0.25, 0.3) is 5.91 Å². The number of hydrazone groups is 1. The van der Waals surface area contributed by atoms with Crippen molar-refractivity contribution in [3.05, 3.63) is 75.0 Å². The fourth-order valence-electron chi connectivity index (χ4n) is 3.91. The Bertz CT molecular complexity index is 1210. The fourth-order valence-corrected chi connectivity index (χ4v) is 6.51. The number of alkyl halides is 3. The van der Waals surface area contributed by atoms with Crippen molar-refractivity contribution in [2.75, 3.05) is 6.54 Å². The lowest BCUT2D eigenvalue weighted by atomic mass is 9.95. The predicted octanol–water partition coefficient (Wildman–Crippen LogP) is 6.64. The topological polar surface area (TPSA) is 93.5 Å². The highest BCUT2D eigenvalue weighted by Crippen LogP contribution is 2.43. The molecule has 0 saturated carbocycles. The highest BCUT2D eigenvalue weighted by molar-refractivity contribution is 7.99. The summed E-state index contributed by atoms with van der Waals surface area (Å²) in [7, 11) is 0. The summed E-state index contributed by atoms with van der Waals surface area (Å²) in [4.78, 5) is 15.2. The summed E-state index contributed by atoms with van der Waals surface area (Å²) in [6.07, 6.45) is -2.45. The van der Waals surface area contributed by atoms with Crippen LogP contribution in [-0.2, 0) is 6.18 Å². The van der Waals surface area contributed by atoms with Crippen LogP contribution in [-0.4, -0.2) is 18.3 Å². The summed E-state index contributed by atoms with van der Waals surface area (Å²) >= 11 is 3.17. The number of halogens is 3. The lowest BCUT2D eigenvalue weighted by Crippen LogP contribution is -2.33. The molecule has 0 aliphatic heterocycles. The van der Waals surface area contributed by atoms with Crippen LogP contribution in [0.25, 0.3) is 11.1 Å². The van der Waals surface area contributed by atoms with Gasteiger partial charge in [-0.1, -0.05) is 25.5 Å².